The van der Waals surface area contributed by atoms with Crippen LogP contribution in [0, 0.1) is 5.92 Å². The molecule has 1 aliphatic heterocycles. The summed E-state index contributed by atoms with van der Waals surface area (Å²) >= 11 is 0. The highest BCUT2D eigenvalue weighted by molar-refractivity contribution is 6.08. The Kier molecular flexibility index (Phi) is 7.23. The van der Waals surface area contributed by atoms with Gasteiger partial charge < -0.3 is 14.2 Å². The number of nitrogens with zero attached hydrogens (tertiary/aromatic N) is 2. The summed E-state index contributed by atoms with van der Waals surface area (Å²) in [6, 6.07) is 29.7. The van der Waals surface area contributed by atoms with Gasteiger partial charge in [0.15, 0.2) is 6.61 Å². The Labute approximate surface area is 234 Å². The molecule has 0 unspecified atom stereocenters. The molecule has 40 heavy (non-hydrogen) atoms. The van der Waals surface area contributed by atoms with Gasteiger partial charge in [0.05, 0.1) is 26.0 Å². The summed E-state index contributed by atoms with van der Waals surface area (Å²) in [5.74, 6) is 2.23. The number of hydrogen-bond donors (Lipinski definition) is 0. The van der Waals surface area contributed by atoms with E-state index in [1.807, 2.05) is 91.0 Å². The summed E-state index contributed by atoms with van der Waals surface area (Å²) in [5.41, 5.74) is 4.28. The van der Waals surface area contributed by atoms with E-state index in [1.54, 1.807) is 19.2 Å². The molecule has 1 fully saturated rings. The summed E-state index contributed by atoms with van der Waals surface area (Å²) in [6.07, 6.45) is 5.11. The van der Waals surface area contributed by atoms with Crippen molar-refractivity contribution in [2.75, 3.05) is 20.8 Å². The number of hydrazone groups is 1. The molecule has 6 heteroatoms. The first-order valence-electron chi connectivity index (χ1n) is 13.6. The number of carbonyl (C=O) groups is 1. The highest BCUT2D eigenvalue weighted by atomic mass is 16.5. The van der Waals surface area contributed by atoms with Gasteiger partial charge in [0.2, 0.25) is 0 Å². The van der Waals surface area contributed by atoms with Gasteiger partial charge in [-0.25, -0.2) is 5.01 Å². The van der Waals surface area contributed by atoms with Crippen molar-refractivity contribution in [1.82, 2.24) is 5.01 Å². The Balaban J connectivity index is 1.32. The van der Waals surface area contributed by atoms with Crippen LogP contribution in [0.1, 0.15) is 36.4 Å². The third kappa shape index (κ3) is 5.05. The Bertz CT molecular complexity index is 1570. The maximum absolute atomic E-state index is 13.8. The number of allylic oxidation sites excluding steroid dienone is 1. The summed E-state index contributed by atoms with van der Waals surface area (Å²) in [6.45, 7) is -0.0955. The summed E-state index contributed by atoms with van der Waals surface area (Å²) in [5, 5.41) is 8.70. The van der Waals surface area contributed by atoms with E-state index in [9.17, 15) is 4.79 Å². The number of amides is 1. The van der Waals surface area contributed by atoms with Gasteiger partial charge in [0, 0.05) is 11.3 Å². The van der Waals surface area contributed by atoms with Crippen molar-refractivity contribution in [3.63, 3.8) is 0 Å². The Morgan fingerprint density at radius 1 is 0.900 bits per heavy atom. The molecule has 6 nitrogen and oxygen atoms in total. The topological polar surface area (TPSA) is 60.4 Å². The van der Waals surface area contributed by atoms with Crippen LogP contribution in [-0.2, 0) is 4.79 Å². The molecule has 0 spiro atoms. The van der Waals surface area contributed by atoms with E-state index in [0.717, 1.165) is 58.4 Å². The molecule has 2 aliphatic rings. The fourth-order valence-corrected chi connectivity index (χ4v) is 5.77. The number of fused-ring (bicyclic) bond motifs is 2. The minimum Gasteiger partial charge on any atom is -0.497 e. The van der Waals surface area contributed by atoms with Crippen LogP contribution in [0.3, 0.4) is 0 Å². The molecule has 4 aromatic carbocycles. The molecular weight excluding hydrogens is 500 g/mol. The zero-order chi connectivity index (χ0) is 27.5. The van der Waals surface area contributed by atoms with Gasteiger partial charge in [-0.1, -0.05) is 60.7 Å². The molecule has 0 radical (unpaired) electrons. The Hall–Kier alpha value is -4.58. The van der Waals surface area contributed by atoms with Gasteiger partial charge in [0.25, 0.3) is 5.91 Å². The SMILES string of the molecule is COc1ccc(/C=C2/CCC[C@@H]3C2=NN(C(=O)COc2cccc4ccccc24)[C@H]3c2ccc(OC)cc2)cc1. The molecule has 0 N–H and O–H groups in total. The first kappa shape index (κ1) is 25.7. The van der Waals surface area contributed by atoms with E-state index in [-0.39, 0.29) is 24.5 Å². The van der Waals surface area contributed by atoms with E-state index < -0.39 is 0 Å². The molecule has 0 saturated heterocycles. The third-order valence-corrected chi connectivity index (χ3v) is 7.77. The van der Waals surface area contributed by atoms with Gasteiger partial charge in [0.1, 0.15) is 17.2 Å². The van der Waals surface area contributed by atoms with Crippen molar-refractivity contribution in [2.45, 2.75) is 25.3 Å². The predicted molar refractivity (Wildman–Crippen MR) is 158 cm³/mol. The van der Waals surface area contributed by atoms with E-state index in [2.05, 4.69) is 6.08 Å². The molecule has 0 bridgehead atoms. The predicted octanol–water partition coefficient (Wildman–Crippen LogP) is 7.06. The van der Waals surface area contributed by atoms with E-state index in [1.165, 1.54) is 5.57 Å². The average molecular weight is 533 g/mol. The van der Waals surface area contributed by atoms with Crippen LogP contribution in [0.15, 0.2) is 102 Å². The molecule has 0 aromatic heterocycles. The van der Waals surface area contributed by atoms with Crippen molar-refractivity contribution in [3.05, 3.63) is 108 Å². The quantitative estimate of drug-likeness (QED) is 0.256. The van der Waals surface area contributed by atoms with Gasteiger partial charge >= 0.3 is 0 Å². The lowest BCUT2D eigenvalue weighted by molar-refractivity contribution is -0.135. The Morgan fingerprint density at radius 3 is 2.35 bits per heavy atom. The lowest BCUT2D eigenvalue weighted by Gasteiger charge is -2.29. The summed E-state index contributed by atoms with van der Waals surface area (Å²) in [7, 11) is 3.32. The van der Waals surface area contributed by atoms with Crippen LogP contribution in [-0.4, -0.2) is 37.5 Å². The fourth-order valence-electron chi connectivity index (χ4n) is 5.77. The maximum atomic E-state index is 13.8. The van der Waals surface area contributed by atoms with Crippen molar-refractivity contribution >= 4 is 28.5 Å². The van der Waals surface area contributed by atoms with Crippen LogP contribution in [0.4, 0.5) is 0 Å². The molecule has 4 aromatic rings. The van der Waals surface area contributed by atoms with Crippen LogP contribution >= 0.6 is 0 Å². The van der Waals surface area contributed by atoms with Crippen LogP contribution in [0.25, 0.3) is 16.8 Å². The first-order chi connectivity index (χ1) is 19.6. The van der Waals surface area contributed by atoms with Crippen LogP contribution in [0.5, 0.6) is 17.2 Å². The molecule has 2 atom stereocenters. The van der Waals surface area contributed by atoms with E-state index >= 15 is 0 Å². The Morgan fingerprint density at radius 2 is 1.60 bits per heavy atom. The lowest BCUT2D eigenvalue weighted by Crippen LogP contribution is -2.34. The van der Waals surface area contributed by atoms with E-state index in [0.29, 0.717) is 5.75 Å². The van der Waals surface area contributed by atoms with Crippen molar-refractivity contribution in [3.8, 4) is 17.2 Å². The minimum absolute atomic E-state index is 0.0955. The fraction of sp³-hybridized carbons (Fsp3) is 0.235. The first-order valence-corrected chi connectivity index (χ1v) is 13.6. The number of benzene rings is 4. The average Bonchev–Trinajstić information content (AvgIpc) is 3.41. The highest BCUT2D eigenvalue weighted by Crippen LogP contribution is 2.44. The number of rotatable bonds is 7. The number of methoxy groups -OCH3 is 2. The van der Waals surface area contributed by atoms with Gasteiger partial charge in [-0.15, -0.1) is 0 Å². The minimum atomic E-state index is -0.205. The number of carbonyl (C=O) groups excluding carboxylic acids is 1. The van der Waals surface area contributed by atoms with Gasteiger partial charge in [-0.05, 0) is 77.8 Å². The second kappa shape index (κ2) is 11.3. The van der Waals surface area contributed by atoms with Crippen molar-refractivity contribution in [2.24, 2.45) is 11.0 Å². The highest BCUT2D eigenvalue weighted by Gasteiger charge is 2.43. The van der Waals surface area contributed by atoms with Crippen LogP contribution in [0.2, 0.25) is 0 Å². The van der Waals surface area contributed by atoms with Crippen LogP contribution < -0.4 is 14.2 Å². The molecule has 202 valence electrons. The molecule has 1 saturated carbocycles. The number of hydrogen-bond acceptors (Lipinski definition) is 5. The molecule has 1 heterocycles. The van der Waals surface area contributed by atoms with Crippen molar-refractivity contribution in [1.29, 1.82) is 0 Å². The second-order valence-electron chi connectivity index (χ2n) is 10.1. The van der Waals surface area contributed by atoms with E-state index in [4.69, 9.17) is 19.3 Å². The van der Waals surface area contributed by atoms with Gasteiger partial charge in [-0.2, -0.15) is 5.10 Å². The summed E-state index contributed by atoms with van der Waals surface area (Å²) in [4.78, 5) is 13.8. The third-order valence-electron chi connectivity index (χ3n) is 7.77. The molecule has 6 rings (SSSR count). The zero-order valence-electron chi connectivity index (χ0n) is 22.7. The van der Waals surface area contributed by atoms with Gasteiger partial charge in [-0.3, -0.25) is 4.79 Å². The monoisotopic (exact) mass is 532 g/mol. The second-order valence-corrected chi connectivity index (χ2v) is 10.1. The van der Waals surface area contributed by atoms with Crippen molar-refractivity contribution < 1.29 is 19.0 Å². The lowest BCUT2D eigenvalue weighted by atomic mass is 9.77. The normalized spacial score (nSPS) is 19.3. The molecular formula is C34H32N2O4. The zero-order valence-corrected chi connectivity index (χ0v) is 22.7. The number of ether oxygens (including phenoxy) is 3. The standard InChI is InChI=1S/C34H32N2O4/c1-38-27-17-13-23(14-18-27)21-26-9-5-11-30-33(26)35-36(34(30)25-15-19-28(39-2)20-16-25)32(37)22-40-31-12-6-8-24-7-3-4-10-29(24)31/h3-4,6-8,10,12-21,30,34H,5,9,11,22H2,1-2H3/b26-21-/t30-,34+/m1/s1. The smallest absolute Gasteiger partial charge is 0.281 e. The molecule has 1 amide bonds. The largest absolute Gasteiger partial charge is 0.497 e. The maximum Gasteiger partial charge on any atom is 0.281 e. The summed E-state index contributed by atoms with van der Waals surface area (Å²) < 4.78 is 16.8. The molecule has 1 aliphatic carbocycles.